The Morgan fingerprint density at radius 1 is 0.739 bits per heavy atom. The van der Waals surface area contributed by atoms with Gasteiger partial charge in [0.2, 0.25) is 11.8 Å². The summed E-state index contributed by atoms with van der Waals surface area (Å²) >= 11 is 5.85. The van der Waals surface area contributed by atoms with E-state index in [1.54, 1.807) is 24.3 Å². The van der Waals surface area contributed by atoms with Gasteiger partial charge >= 0.3 is 24.1 Å². The van der Waals surface area contributed by atoms with Crippen LogP contribution in [0.5, 0.6) is 0 Å². The Hall–Kier alpha value is -5.11. The summed E-state index contributed by atoms with van der Waals surface area (Å²) in [5.74, 6) is -4.76. The highest BCUT2D eigenvalue weighted by Gasteiger charge is 2.38. The maximum Gasteiger partial charge on any atom is 0.490 e. The standard InChI is InChI=1S/C29H31ClN4O5.C2HF3O2/c30-24-12-6-20(7-13-24)14-16-31-29(39)32-17-15-26(35)33-19-27(36)34-25(18-28(37)38)23-10-8-22(9-11-23)21-4-2-1-3-5-21;3-2(4,5)1(6)7/h1-13,25H,14-19H2,(H,33,35)(H,34,36)(H,37,38)(H2,31,32,39);(H,6,7). The summed E-state index contributed by atoms with van der Waals surface area (Å²) in [6.07, 6.45) is -4.76. The van der Waals surface area contributed by atoms with Crippen LogP contribution in [0.2, 0.25) is 5.02 Å². The van der Waals surface area contributed by atoms with E-state index in [1.165, 1.54) is 0 Å². The first-order chi connectivity index (χ1) is 21.7. The van der Waals surface area contributed by atoms with Gasteiger partial charge in [-0.15, -0.1) is 0 Å². The zero-order valence-electron chi connectivity index (χ0n) is 24.3. The van der Waals surface area contributed by atoms with E-state index in [0.717, 1.165) is 16.7 Å². The molecule has 0 aromatic heterocycles. The quantitative estimate of drug-likeness (QED) is 0.158. The van der Waals surface area contributed by atoms with Crippen molar-refractivity contribution >= 4 is 41.4 Å². The molecule has 46 heavy (non-hydrogen) atoms. The molecule has 0 aliphatic rings. The van der Waals surface area contributed by atoms with Gasteiger partial charge in [-0.05, 0) is 40.8 Å². The molecule has 11 nitrogen and oxygen atoms in total. The zero-order chi connectivity index (χ0) is 34.1. The van der Waals surface area contributed by atoms with E-state index in [1.807, 2.05) is 54.6 Å². The topological polar surface area (TPSA) is 174 Å². The monoisotopic (exact) mass is 664 g/mol. The highest BCUT2D eigenvalue weighted by molar-refractivity contribution is 6.30. The van der Waals surface area contributed by atoms with Crippen LogP contribution in [0.25, 0.3) is 11.1 Å². The van der Waals surface area contributed by atoms with Gasteiger partial charge in [0.05, 0.1) is 19.0 Å². The normalized spacial score (nSPS) is 11.2. The van der Waals surface area contributed by atoms with Crippen molar-refractivity contribution in [3.05, 3.63) is 95.0 Å². The molecule has 3 aromatic carbocycles. The fraction of sp³-hybridized carbons (Fsp3) is 0.258. The summed E-state index contributed by atoms with van der Waals surface area (Å²) in [7, 11) is 0. The van der Waals surface area contributed by atoms with Crippen molar-refractivity contribution in [2.24, 2.45) is 0 Å². The molecule has 0 aliphatic heterocycles. The number of carboxylic acid groups (broad SMARTS) is 2. The third kappa shape index (κ3) is 14.6. The van der Waals surface area contributed by atoms with Crippen molar-refractivity contribution < 1.29 is 47.4 Å². The Kier molecular flexibility index (Phi) is 15.0. The molecule has 6 N–H and O–H groups in total. The number of urea groups is 1. The molecule has 15 heteroatoms. The molecule has 0 saturated heterocycles. The van der Waals surface area contributed by atoms with E-state index >= 15 is 0 Å². The fourth-order valence-electron chi connectivity index (χ4n) is 3.80. The predicted molar refractivity (Wildman–Crippen MR) is 163 cm³/mol. The number of benzene rings is 3. The van der Waals surface area contributed by atoms with Crippen molar-refractivity contribution in [1.82, 2.24) is 21.3 Å². The molecular weight excluding hydrogens is 633 g/mol. The Bertz CT molecular complexity index is 1460. The number of nitrogens with one attached hydrogen (secondary N) is 4. The van der Waals surface area contributed by atoms with Crippen LogP contribution in [0.1, 0.15) is 30.0 Å². The molecule has 3 rings (SSSR count). The lowest BCUT2D eigenvalue weighted by Crippen LogP contribution is -2.41. The second-order valence-electron chi connectivity index (χ2n) is 9.59. The number of amides is 4. The van der Waals surface area contributed by atoms with Crippen LogP contribution in [-0.4, -0.2) is 65.8 Å². The molecule has 1 unspecified atom stereocenters. The maximum atomic E-state index is 12.4. The van der Waals surface area contributed by atoms with Gasteiger partial charge < -0.3 is 31.5 Å². The summed E-state index contributed by atoms with van der Waals surface area (Å²) in [4.78, 5) is 56.7. The largest absolute Gasteiger partial charge is 0.490 e. The lowest BCUT2D eigenvalue weighted by atomic mass is 9.99. The SMILES string of the molecule is O=C(O)C(F)(F)F.O=C(O)CC(NC(=O)CNC(=O)CCNC(=O)NCCc1ccc(Cl)cc1)c1ccc(-c2ccccc2)cc1. The Morgan fingerprint density at radius 2 is 1.30 bits per heavy atom. The van der Waals surface area contributed by atoms with Gasteiger partial charge in [0.25, 0.3) is 0 Å². The fourth-order valence-corrected chi connectivity index (χ4v) is 3.93. The van der Waals surface area contributed by atoms with E-state index in [0.29, 0.717) is 23.6 Å². The second kappa shape index (κ2) is 18.6. The molecular formula is C31H32ClF3N4O7. The number of hydrogen-bond acceptors (Lipinski definition) is 5. The number of carboxylic acids is 2. The lowest BCUT2D eigenvalue weighted by molar-refractivity contribution is -0.192. The molecule has 0 bridgehead atoms. The van der Waals surface area contributed by atoms with Crippen LogP contribution in [0.3, 0.4) is 0 Å². The summed E-state index contributed by atoms with van der Waals surface area (Å²) in [6.45, 7) is 0.201. The molecule has 3 aromatic rings. The van der Waals surface area contributed by atoms with Crippen molar-refractivity contribution in [3.63, 3.8) is 0 Å². The van der Waals surface area contributed by atoms with Crippen LogP contribution in [0.15, 0.2) is 78.9 Å². The average molecular weight is 665 g/mol. The van der Waals surface area contributed by atoms with Gasteiger partial charge in [-0.2, -0.15) is 13.2 Å². The Morgan fingerprint density at radius 3 is 1.87 bits per heavy atom. The van der Waals surface area contributed by atoms with E-state index < -0.39 is 42.0 Å². The minimum Gasteiger partial charge on any atom is -0.481 e. The minimum atomic E-state index is -5.08. The molecule has 4 amide bonds. The number of carbonyl (C=O) groups is 5. The molecule has 0 radical (unpaired) electrons. The first-order valence-corrected chi connectivity index (χ1v) is 14.1. The van der Waals surface area contributed by atoms with E-state index in [4.69, 9.17) is 21.5 Å². The van der Waals surface area contributed by atoms with Gasteiger partial charge in [-0.1, -0.05) is 78.3 Å². The van der Waals surface area contributed by atoms with Crippen LogP contribution < -0.4 is 21.3 Å². The molecule has 0 fully saturated rings. The van der Waals surface area contributed by atoms with Crippen molar-refractivity contribution in [2.45, 2.75) is 31.5 Å². The molecule has 0 heterocycles. The number of aliphatic carboxylic acids is 2. The van der Waals surface area contributed by atoms with Crippen molar-refractivity contribution in [2.75, 3.05) is 19.6 Å². The van der Waals surface area contributed by atoms with Gasteiger partial charge in [-0.25, -0.2) is 9.59 Å². The molecule has 1 atom stereocenters. The molecule has 0 aliphatic carbocycles. The first kappa shape index (κ1) is 37.1. The maximum absolute atomic E-state index is 12.4. The molecule has 0 spiro atoms. The van der Waals surface area contributed by atoms with Crippen molar-refractivity contribution in [1.29, 1.82) is 0 Å². The van der Waals surface area contributed by atoms with Crippen LogP contribution >= 0.6 is 11.6 Å². The zero-order valence-corrected chi connectivity index (χ0v) is 25.0. The summed E-state index contributed by atoms with van der Waals surface area (Å²) in [5.41, 5.74) is 3.67. The van der Waals surface area contributed by atoms with Crippen LogP contribution in [0.4, 0.5) is 18.0 Å². The summed E-state index contributed by atoms with van der Waals surface area (Å²) in [5, 5.41) is 27.5. The van der Waals surface area contributed by atoms with Gasteiger partial charge in [0.1, 0.15) is 0 Å². The summed E-state index contributed by atoms with van der Waals surface area (Å²) in [6, 6.07) is 23.2. The molecule has 0 saturated carbocycles. The van der Waals surface area contributed by atoms with Crippen LogP contribution in [0, 0.1) is 0 Å². The van der Waals surface area contributed by atoms with Gasteiger partial charge in [-0.3, -0.25) is 14.4 Å². The number of rotatable bonds is 13. The predicted octanol–water partition coefficient (Wildman–Crippen LogP) is 4.32. The highest BCUT2D eigenvalue weighted by atomic mass is 35.5. The van der Waals surface area contributed by atoms with Crippen molar-refractivity contribution in [3.8, 4) is 11.1 Å². The number of halogens is 4. The van der Waals surface area contributed by atoms with E-state index in [2.05, 4.69) is 21.3 Å². The number of hydrogen-bond donors (Lipinski definition) is 6. The smallest absolute Gasteiger partial charge is 0.481 e. The molecule has 246 valence electrons. The second-order valence-corrected chi connectivity index (χ2v) is 10.0. The third-order valence-corrected chi connectivity index (χ3v) is 6.32. The lowest BCUT2D eigenvalue weighted by Gasteiger charge is -2.18. The number of carbonyl (C=O) groups excluding carboxylic acids is 3. The van der Waals surface area contributed by atoms with Gasteiger partial charge in [0, 0.05) is 24.5 Å². The Balaban J connectivity index is 0.000000942. The highest BCUT2D eigenvalue weighted by Crippen LogP contribution is 2.23. The van der Waals surface area contributed by atoms with Gasteiger partial charge in [0.15, 0.2) is 0 Å². The van der Waals surface area contributed by atoms with E-state index in [-0.39, 0.29) is 25.9 Å². The Labute approximate surface area is 267 Å². The summed E-state index contributed by atoms with van der Waals surface area (Å²) < 4.78 is 31.7. The minimum absolute atomic E-state index is 0.0165. The first-order valence-electron chi connectivity index (χ1n) is 13.7. The third-order valence-electron chi connectivity index (χ3n) is 6.07. The van der Waals surface area contributed by atoms with Crippen LogP contribution in [-0.2, 0) is 25.6 Å². The van der Waals surface area contributed by atoms with E-state index in [9.17, 15) is 37.5 Å². The number of alkyl halides is 3. The average Bonchev–Trinajstić information content (AvgIpc) is 3.01.